The van der Waals surface area contributed by atoms with Gasteiger partial charge in [0, 0.05) is 16.5 Å². The van der Waals surface area contributed by atoms with Crippen molar-refractivity contribution in [2.24, 2.45) is 0 Å². The van der Waals surface area contributed by atoms with Crippen molar-refractivity contribution in [3.8, 4) is 39.9 Å². The average Bonchev–Trinajstić information content (AvgIpc) is 3.63. The van der Waals surface area contributed by atoms with E-state index in [-0.39, 0.29) is 29.4 Å². The summed E-state index contributed by atoms with van der Waals surface area (Å²) < 4.78 is 77.5. The average molecular weight is 619 g/mol. The van der Waals surface area contributed by atoms with Gasteiger partial charge in [0.05, 0.1) is 26.4 Å². The molecule has 0 spiro atoms. The summed E-state index contributed by atoms with van der Waals surface area (Å²) in [6.07, 6.45) is -9.10. The Morgan fingerprint density at radius 1 is 0.955 bits per heavy atom. The van der Waals surface area contributed by atoms with Crippen LogP contribution in [0.5, 0.6) is 28.7 Å². The van der Waals surface area contributed by atoms with E-state index in [1.165, 1.54) is 32.4 Å². The number of cyclic esters (lactones) is 1. The van der Waals surface area contributed by atoms with Crippen LogP contribution in [0.3, 0.4) is 0 Å². The van der Waals surface area contributed by atoms with Crippen LogP contribution in [0.25, 0.3) is 21.9 Å². The third-order valence-electron chi connectivity index (χ3n) is 7.97. The van der Waals surface area contributed by atoms with Crippen LogP contribution in [0.15, 0.2) is 30.3 Å². The molecule has 3 aromatic carbocycles. The number of fused-ring (bicyclic) bond motifs is 4. The molecule has 0 bridgehead atoms. The molecule has 2 fully saturated rings. The number of esters is 1. The number of aliphatic hydroxyl groups excluding tert-OH is 2. The van der Waals surface area contributed by atoms with Crippen LogP contribution in [0.1, 0.15) is 29.8 Å². The number of carbonyl (C=O) groups is 1. The molecule has 0 aliphatic carbocycles. The second kappa shape index (κ2) is 10.0. The normalized spacial score (nSPS) is 27.5. The van der Waals surface area contributed by atoms with Crippen molar-refractivity contribution >= 4 is 16.7 Å². The summed E-state index contributed by atoms with van der Waals surface area (Å²) in [6.45, 7) is 2.72. The lowest BCUT2D eigenvalue weighted by atomic mass is 9.89. The zero-order chi connectivity index (χ0) is 31.1. The van der Waals surface area contributed by atoms with Crippen molar-refractivity contribution in [3.63, 3.8) is 0 Å². The topological polar surface area (TPSA) is 141 Å². The predicted octanol–water partition coefficient (Wildman–Crippen LogP) is 3.49. The van der Waals surface area contributed by atoms with Crippen LogP contribution >= 0.6 is 0 Å². The van der Waals surface area contributed by atoms with E-state index in [2.05, 4.69) is 9.47 Å². The van der Waals surface area contributed by atoms with Crippen molar-refractivity contribution in [2.75, 3.05) is 20.8 Å². The van der Waals surface area contributed by atoms with Crippen LogP contribution in [-0.4, -0.2) is 79.8 Å². The molecule has 0 radical (unpaired) electrons. The summed E-state index contributed by atoms with van der Waals surface area (Å²) in [5.41, 5.74) is 1.10. The molecule has 7 rings (SSSR count). The summed E-state index contributed by atoms with van der Waals surface area (Å²) >= 11 is 0. The molecule has 0 aromatic heterocycles. The molecule has 5 atom stereocenters. The molecule has 4 aliphatic rings. The monoisotopic (exact) mass is 618 g/mol. The number of methoxy groups -OCH3 is 2. The fraction of sp³-hybridized carbons (Fsp3) is 0.433. The first-order valence-electron chi connectivity index (χ1n) is 13.7. The van der Waals surface area contributed by atoms with E-state index in [0.29, 0.717) is 39.0 Å². The zero-order valence-corrected chi connectivity index (χ0v) is 23.9. The van der Waals surface area contributed by atoms with Crippen LogP contribution in [0.2, 0.25) is 0 Å². The Bertz CT molecular complexity index is 1670. The minimum atomic E-state index is -3.84. The molecule has 234 valence electrons. The molecule has 4 aliphatic heterocycles. The maximum atomic E-state index is 13.8. The Morgan fingerprint density at radius 2 is 1.64 bits per heavy atom. The maximum absolute atomic E-state index is 13.8. The first-order valence-corrected chi connectivity index (χ1v) is 13.7. The van der Waals surface area contributed by atoms with Crippen LogP contribution in [0, 0.1) is 0 Å². The second-order valence-corrected chi connectivity index (χ2v) is 11.1. The maximum Gasteiger partial charge on any atom is 0.586 e. The highest BCUT2D eigenvalue weighted by molar-refractivity contribution is 6.14. The van der Waals surface area contributed by atoms with E-state index in [0.717, 1.165) is 0 Å². The molecule has 0 amide bonds. The molecule has 2 N–H and O–H groups in total. The zero-order valence-electron chi connectivity index (χ0n) is 23.9. The summed E-state index contributed by atoms with van der Waals surface area (Å²) in [4.78, 5) is 13.3. The fourth-order valence-corrected chi connectivity index (χ4v) is 6.16. The summed E-state index contributed by atoms with van der Waals surface area (Å²) in [5.74, 6) is -1.35. The highest BCUT2D eigenvalue weighted by Crippen LogP contribution is 2.51. The number of carbonyl (C=O) groups excluding carboxylic acids is 1. The molecule has 12 nitrogen and oxygen atoms in total. The first-order chi connectivity index (χ1) is 20.9. The molecular weight excluding hydrogens is 590 g/mol. The second-order valence-electron chi connectivity index (χ2n) is 11.1. The summed E-state index contributed by atoms with van der Waals surface area (Å²) in [5, 5.41) is 22.2. The van der Waals surface area contributed by atoms with Gasteiger partial charge < -0.3 is 52.8 Å². The Balaban J connectivity index is 1.41. The van der Waals surface area contributed by atoms with E-state index in [9.17, 15) is 23.8 Å². The van der Waals surface area contributed by atoms with Gasteiger partial charge in [-0.15, -0.1) is 8.78 Å². The molecular formula is C30H28F2O12. The van der Waals surface area contributed by atoms with Gasteiger partial charge in [-0.1, -0.05) is 6.07 Å². The van der Waals surface area contributed by atoms with Gasteiger partial charge in [0.25, 0.3) is 0 Å². The number of aliphatic hydroxyl groups is 2. The van der Waals surface area contributed by atoms with Gasteiger partial charge in [-0.2, -0.15) is 0 Å². The molecule has 44 heavy (non-hydrogen) atoms. The van der Waals surface area contributed by atoms with Gasteiger partial charge in [-0.3, -0.25) is 0 Å². The number of hydrogen-bond donors (Lipinski definition) is 2. The number of halogens is 2. The van der Waals surface area contributed by atoms with E-state index in [4.69, 9.17) is 33.2 Å². The fourth-order valence-electron chi connectivity index (χ4n) is 6.16. The van der Waals surface area contributed by atoms with Gasteiger partial charge in [-0.25, -0.2) is 4.79 Å². The summed E-state index contributed by atoms with van der Waals surface area (Å²) in [6, 6.07) is 7.41. The SMILES string of the molecule is COc1cc2c(OC3O[C@H](CO)C4OC(C)(C)OC4C3O)c3c(c(-c4ccc5c(c4)OC(F)(F)O5)c2cc1OC)C(=O)OC3. The van der Waals surface area contributed by atoms with Crippen LogP contribution in [0.4, 0.5) is 8.78 Å². The lowest BCUT2D eigenvalue weighted by Gasteiger charge is -2.39. The van der Waals surface area contributed by atoms with Crippen molar-refractivity contribution in [1.29, 1.82) is 0 Å². The Morgan fingerprint density at radius 3 is 2.34 bits per heavy atom. The predicted molar refractivity (Wildman–Crippen MR) is 144 cm³/mol. The van der Waals surface area contributed by atoms with Crippen molar-refractivity contribution < 1.29 is 66.4 Å². The standard InChI is InChI=1S/C30H28F2O12/c1-29(2)43-25-20(10-33)39-28(23(34)26(25)44-29)40-24-14-9-18(37-4)17(36-3)8-13(14)21(22-15(24)11-38-27(22)35)12-5-6-16-19(7-12)42-30(31,32)41-16/h5-9,20,23,25-26,28,33-34H,10-11H2,1-4H3/t20-,23?,25?,26?,28?/m1/s1. The Kier molecular flexibility index (Phi) is 6.57. The number of benzene rings is 3. The highest BCUT2D eigenvalue weighted by atomic mass is 19.3. The van der Waals surface area contributed by atoms with E-state index in [1.807, 2.05) is 0 Å². The number of ether oxygens (including phenoxy) is 9. The lowest BCUT2D eigenvalue weighted by molar-refractivity contribution is -0.286. The minimum absolute atomic E-state index is 0.105. The van der Waals surface area contributed by atoms with Crippen molar-refractivity contribution in [1.82, 2.24) is 0 Å². The molecule has 2 saturated heterocycles. The van der Waals surface area contributed by atoms with Crippen LogP contribution < -0.4 is 23.7 Å². The molecule has 3 aromatic rings. The van der Waals surface area contributed by atoms with Gasteiger partial charge in [0.2, 0.25) is 6.29 Å². The van der Waals surface area contributed by atoms with Gasteiger partial charge in [0.1, 0.15) is 36.8 Å². The third-order valence-corrected chi connectivity index (χ3v) is 7.97. The molecule has 0 saturated carbocycles. The van der Waals surface area contributed by atoms with E-state index < -0.39 is 55.4 Å². The third kappa shape index (κ3) is 4.47. The number of rotatable bonds is 6. The van der Waals surface area contributed by atoms with Gasteiger partial charge in [-0.05, 0) is 49.1 Å². The molecule has 4 heterocycles. The van der Waals surface area contributed by atoms with Crippen molar-refractivity contribution in [3.05, 3.63) is 41.5 Å². The van der Waals surface area contributed by atoms with Crippen LogP contribution in [-0.2, 0) is 25.6 Å². The highest BCUT2D eigenvalue weighted by Gasteiger charge is 2.56. The summed E-state index contributed by atoms with van der Waals surface area (Å²) in [7, 11) is 2.89. The van der Waals surface area contributed by atoms with Gasteiger partial charge in [0.15, 0.2) is 28.8 Å². The van der Waals surface area contributed by atoms with Crippen molar-refractivity contribution in [2.45, 2.75) is 63.2 Å². The smallest absolute Gasteiger partial charge is 0.493 e. The largest absolute Gasteiger partial charge is 0.586 e. The number of alkyl halides is 2. The Hall–Kier alpha value is -3.95. The van der Waals surface area contributed by atoms with Gasteiger partial charge >= 0.3 is 12.3 Å². The van der Waals surface area contributed by atoms with E-state index in [1.54, 1.807) is 26.0 Å². The Labute approximate surface area is 248 Å². The quantitative estimate of drug-likeness (QED) is 0.391. The number of hydrogen-bond acceptors (Lipinski definition) is 12. The minimum Gasteiger partial charge on any atom is -0.493 e. The first kappa shape index (κ1) is 28.8. The molecule has 14 heteroatoms. The lowest BCUT2D eigenvalue weighted by Crippen LogP contribution is -2.58. The molecule has 4 unspecified atom stereocenters. The van der Waals surface area contributed by atoms with E-state index >= 15 is 0 Å².